The van der Waals surface area contributed by atoms with Crippen LogP contribution in [0, 0.1) is 11.8 Å². The second kappa shape index (κ2) is 10.8. The topological polar surface area (TPSA) is 78.9 Å². The van der Waals surface area contributed by atoms with Crippen molar-refractivity contribution in [2.75, 3.05) is 44.6 Å². The fraction of sp³-hybridized carbons (Fsp3) is 0.500. The first-order valence-electron chi connectivity index (χ1n) is 12.1. The summed E-state index contributed by atoms with van der Waals surface area (Å²) in [6.45, 7) is 7.22. The molecule has 34 heavy (non-hydrogen) atoms. The SMILES string of the molecule is COc1ccc(NS(=O)(=O)c2ccc(C(=O)N3CCCC(CN4CCC(C)CC4)C3)cc2)cc1. The Morgan fingerprint density at radius 1 is 1.00 bits per heavy atom. The van der Waals surface area contributed by atoms with Crippen molar-refractivity contribution in [3.05, 3.63) is 54.1 Å². The summed E-state index contributed by atoms with van der Waals surface area (Å²) >= 11 is 0. The second-order valence-electron chi connectivity index (χ2n) is 9.60. The van der Waals surface area contributed by atoms with Crippen LogP contribution in [-0.4, -0.2) is 64.0 Å². The van der Waals surface area contributed by atoms with Crippen molar-refractivity contribution in [1.82, 2.24) is 9.80 Å². The van der Waals surface area contributed by atoms with Gasteiger partial charge in [0.2, 0.25) is 0 Å². The van der Waals surface area contributed by atoms with E-state index in [-0.39, 0.29) is 10.8 Å². The van der Waals surface area contributed by atoms with E-state index in [1.165, 1.54) is 25.0 Å². The number of ether oxygens (including phenoxy) is 1. The number of amides is 1. The Kier molecular flexibility index (Phi) is 7.78. The van der Waals surface area contributed by atoms with Crippen LogP contribution in [0.5, 0.6) is 5.75 Å². The minimum Gasteiger partial charge on any atom is -0.497 e. The van der Waals surface area contributed by atoms with Crippen LogP contribution in [0.2, 0.25) is 0 Å². The molecule has 0 spiro atoms. The van der Waals surface area contributed by atoms with Gasteiger partial charge >= 0.3 is 0 Å². The lowest BCUT2D eigenvalue weighted by atomic mass is 9.94. The van der Waals surface area contributed by atoms with Crippen LogP contribution in [0.25, 0.3) is 0 Å². The van der Waals surface area contributed by atoms with E-state index in [2.05, 4.69) is 16.5 Å². The highest BCUT2D eigenvalue weighted by Gasteiger charge is 2.27. The van der Waals surface area contributed by atoms with Crippen molar-refractivity contribution < 1.29 is 17.9 Å². The molecule has 1 amide bonds. The summed E-state index contributed by atoms with van der Waals surface area (Å²) in [6.07, 6.45) is 4.69. The summed E-state index contributed by atoms with van der Waals surface area (Å²) in [6, 6.07) is 12.9. The predicted octanol–water partition coefficient (Wildman–Crippen LogP) is 4.08. The number of likely N-dealkylation sites (tertiary alicyclic amines) is 2. The summed E-state index contributed by atoms with van der Waals surface area (Å²) in [4.78, 5) is 17.7. The molecule has 0 aliphatic carbocycles. The maximum Gasteiger partial charge on any atom is 0.261 e. The maximum atomic E-state index is 13.1. The molecule has 0 bridgehead atoms. The summed E-state index contributed by atoms with van der Waals surface area (Å²) in [5, 5.41) is 0. The van der Waals surface area contributed by atoms with Crippen molar-refractivity contribution >= 4 is 21.6 Å². The van der Waals surface area contributed by atoms with Gasteiger partial charge in [0, 0.05) is 30.9 Å². The third-order valence-electron chi connectivity index (χ3n) is 6.95. The van der Waals surface area contributed by atoms with Gasteiger partial charge in [0.25, 0.3) is 15.9 Å². The molecule has 2 heterocycles. The summed E-state index contributed by atoms with van der Waals surface area (Å²) < 4.78 is 33.2. The lowest BCUT2D eigenvalue weighted by Gasteiger charge is -2.38. The largest absolute Gasteiger partial charge is 0.497 e. The number of benzene rings is 2. The quantitative estimate of drug-likeness (QED) is 0.639. The monoisotopic (exact) mass is 485 g/mol. The highest BCUT2D eigenvalue weighted by Crippen LogP contribution is 2.24. The number of hydrogen-bond donors (Lipinski definition) is 1. The van der Waals surface area contributed by atoms with Crippen molar-refractivity contribution in [2.24, 2.45) is 11.8 Å². The normalized spacial score (nSPS) is 20.2. The van der Waals surface area contributed by atoms with E-state index >= 15 is 0 Å². The molecule has 2 aliphatic heterocycles. The van der Waals surface area contributed by atoms with Crippen LogP contribution in [0.1, 0.15) is 43.0 Å². The molecule has 2 aliphatic rings. The van der Waals surface area contributed by atoms with Gasteiger partial charge in [-0.3, -0.25) is 9.52 Å². The van der Waals surface area contributed by atoms with E-state index in [1.807, 2.05) is 4.90 Å². The zero-order chi connectivity index (χ0) is 24.1. The van der Waals surface area contributed by atoms with Crippen LogP contribution < -0.4 is 9.46 Å². The van der Waals surface area contributed by atoms with Crippen molar-refractivity contribution in [3.8, 4) is 5.75 Å². The Hall–Kier alpha value is -2.58. The Morgan fingerprint density at radius 3 is 2.32 bits per heavy atom. The molecule has 1 unspecified atom stereocenters. The number of nitrogens with one attached hydrogen (secondary N) is 1. The zero-order valence-corrected chi connectivity index (χ0v) is 20.9. The highest BCUT2D eigenvalue weighted by atomic mass is 32.2. The molecular formula is C26H35N3O4S. The Labute approximate surface area is 203 Å². The Bertz CT molecular complexity index is 1060. The maximum absolute atomic E-state index is 13.1. The molecule has 184 valence electrons. The van der Waals surface area contributed by atoms with E-state index in [0.29, 0.717) is 22.9 Å². The van der Waals surface area contributed by atoms with Gasteiger partial charge in [0.05, 0.1) is 12.0 Å². The van der Waals surface area contributed by atoms with Gasteiger partial charge in [0.1, 0.15) is 5.75 Å². The van der Waals surface area contributed by atoms with E-state index in [1.54, 1.807) is 43.5 Å². The highest BCUT2D eigenvalue weighted by molar-refractivity contribution is 7.92. The fourth-order valence-corrected chi connectivity index (χ4v) is 5.90. The van der Waals surface area contributed by atoms with E-state index in [0.717, 1.165) is 51.5 Å². The summed E-state index contributed by atoms with van der Waals surface area (Å²) in [5.74, 6) is 1.94. The minimum atomic E-state index is -3.75. The third kappa shape index (κ3) is 6.10. The molecule has 1 atom stereocenters. The first kappa shape index (κ1) is 24.5. The van der Waals surface area contributed by atoms with Gasteiger partial charge in [-0.25, -0.2) is 8.42 Å². The first-order chi connectivity index (χ1) is 16.3. The summed E-state index contributed by atoms with van der Waals surface area (Å²) in [5.41, 5.74) is 0.972. The molecular weight excluding hydrogens is 450 g/mol. The number of methoxy groups -OCH3 is 1. The number of piperidine rings is 2. The molecule has 8 heteroatoms. The standard InChI is InChI=1S/C26H35N3O4S/c1-20-13-16-28(17-14-20)18-21-4-3-15-29(19-21)26(30)22-5-11-25(12-6-22)34(31,32)27-23-7-9-24(33-2)10-8-23/h5-12,20-21,27H,3-4,13-19H2,1-2H3. The Morgan fingerprint density at radius 2 is 1.68 bits per heavy atom. The molecule has 7 nitrogen and oxygen atoms in total. The molecule has 2 aromatic rings. The smallest absolute Gasteiger partial charge is 0.261 e. The van der Waals surface area contributed by atoms with Gasteiger partial charge < -0.3 is 14.5 Å². The Balaban J connectivity index is 1.36. The average molecular weight is 486 g/mol. The molecule has 2 fully saturated rings. The molecule has 0 aromatic heterocycles. The number of carbonyl (C=O) groups is 1. The predicted molar refractivity (Wildman–Crippen MR) is 134 cm³/mol. The van der Waals surface area contributed by atoms with Gasteiger partial charge in [0.15, 0.2) is 0 Å². The second-order valence-corrected chi connectivity index (χ2v) is 11.3. The van der Waals surface area contributed by atoms with E-state index in [9.17, 15) is 13.2 Å². The molecule has 2 saturated heterocycles. The van der Waals surface area contributed by atoms with Gasteiger partial charge in [-0.05, 0) is 99.1 Å². The molecule has 0 saturated carbocycles. The lowest BCUT2D eigenvalue weighted by molar-refractivity contribution is 0.0622. The third-order valence-corrected chi connectivity index (χ3v) is 8.35. The molecule has 4 rings (SSSR count). The van der Waals surface area contributed by atoms with Crippen molar-refractivity contribution in [3.63, 3.8) is 0 Å². The lowest BCUT2D eigenvalue weighted by Crippen LogP contribution is -2.45. The minimum absolute atomic E-state index is 0.0240. The average Bonchev–Trinajstić information content (AvgIpc) is 2.85. The molecule has 0 radical (unpaired) electrons. The van der Waals surface area contributed by atoms with E-state index in [4.69, 9.17) is 4.74 Å². The number of rotatable bonds is 7. The summed E-state index contributed by atoms with van der Waals surface area (Å²) in [7, 11) is -2.19. The van der Waals surface area contributed by atoms with Crippen LogP contribution in [0.15, 0.2) is 53.4 Å². The van der Waals surface area contributed by atoms with Gasteiger partial charge in [-0.1, -0.05) is 6.92 Å². The first-order valence-corrected chi connectivity index (χ1v) is 13.6. The van der Waals surface area contributed by atoms with Crippen LogP contribution >= 0.6 is 0 Å². The number of anilines is 1. The zero-order valence-electron chi connectivity index (χ0n) is 20.1. The van der Waals surface area contributed by atoms with Crippen molar-refractivity contribution in [2.45, 2.75) is 37.5 Å². The van der Waals surface area contributed by atoms with Crippen LogP contribution in [0.3, 0.4) is 0 Å². The number of nitrogens with zero attached hydrogens (tertiary/aromatic N) is 2. The van der Waals surface area contributed by atoms with Gasteiger partial charge in [-0.15, -0.1) is 0 Å². The number of carbonyl (C=O) groups excluding carboxylic acids is 1. The fourth-order valence-electron chi connectivity index (χ4n) is 4.84. The van der Waals surface area contributed by atoms with E-state index < -0.39 is 10.0 Å². The van der Waals surface area contributed by atoms with Crippen molar-refractivity contribution in [1.29, 1.82) is 0 Å². The molecule has 1 N–H and O–H groups in total. The van der Waals surface area contributed by atoms with Crippen LogP contribution in [-0.2, 0) is 10.0 Å². The molecule has 2 aromatic carbocycles. The van der Waals surface area contributed by atoms with Gasteiger partial charge in [-0.2, -0.15) is 0 Å². The number of hydrogen-bond acceptors (Lipinski definition) is 5. The van der Waals surface area contributed by atoms with Crippen LogP contribution in [0.4, 0.5) is 5.69 Å². The number of sulfonamides is 1.